The summed E-state index contributed by atoms with van der Waals surface area (Å²) in [5.41, 5.74) is 5.04. The number of rotatable bonds is 13. The molecule has 9 N–H and O–H groups in total. The van der Waals surface area contributed by atoms with E-state index < -0.39 is 74.1 Å². The third-order valence-electron chi connectivity index (χ3n) is 2.85. The fraction of sp³-hybridized carbons (Fsp3) is 0.500. The largest absolute Gasteiger partial charge is 0.480 e. The summed E-state index contributed by atoms with van der Waals surface area (Å²) in [5, 5.41) is 21.3. The Morgan fingerprint density at radius 2 is 0.724 bits per heavy atom. The maximum absolute atomic E-state index is 11.5. The first-order valence-corrected chi connectivity index (χ1v) is 8.16. The molecule has 15 nitrogen and oxygen atoms in total. The number of nitrogens with one attached hydrogen (secondary N) is 6. The molecule has 0 heterocycles. The molecule has 0 aromatic carbocycles. The zero-order valence-corrected chi connectivity index (χ0v) is 15.3. The zero-order valence-electron chi connectivity index (χ0n) is 15.3. The fourth-order valence-electron chi connectivity index (χ4n) is 1.45. The second kappa shape index (κ2) is 14.3. The van der Waals surface area contributed by atoms with Gasteiger partial charge in [-0.15, -0.1) is 0 Å². The standard InChI is InChI=1S/C14H23N7O8/c15-1-8(22)16-2-9(23)17-3-10(24)18-4-11(25)19-5-12(26)20-6-13(27)21-7-14(28)29/h1-7,15H2,(H,16,22)(H,17,23)(H,18,24)(H,19,25)(H,20,26)(H,21,27)(H,28,29). The van der Waals surface area contributed by atoms with Crippen LogP contribution in [-0.2, 0) is 33.6 Å². The van der Waals surface area contributed by atoms with Crippen LogP contribution in [-0.4, -0.2) is 92.3 Å². The molecule has 0 radical (unpaired) electrons. The Morgan fingerprint density at radius 3 is 0.966 bits per heavy atom. The molecule has 162 valence electrons. The zero-order chi connectivity index (χ0) is 22.2. The molecule has 0 aromatic heterocycles. The van der Waals surface area contributed by atoms with Crippen LogP contribution in [0.25, 0.3) is 0 Å². The van der Waals surface area contributed by atoms with E-state index >= 15 is 0 Å². The lowest BCUT2D eigenvalue weighted by Crippen LogP contribution is -2.46. The van der Waals surface area contributed by atoms with Gasteiger partial charge < -0.3 is 42.7 Å². The van der Waals surface area contributed by atoms with E-state index in [-0.39, 0.29) is 13.1 Å². The van der Waals surface area contributed by atoms with Crippen LogP contribution in [0.1, 0.15) is 0 Å². The second-order valence-corrected chi connectivity index (χ2v) is 5.26. The predicted molar refractivity (Wildman–Crippen MR) is 94.7 cm³/mol. The van der Waals surface area contributed by atoms with Crippen molar-refractivity contribution in [2.24, 2.45) is 5.73 Å². The van der Waals surface area contributed by atoms with Crippen LogP contribution in [0.4, 0.5) is 0 Å². The van der Waals surface area contributed by atoms with E-state index in [4.69, 9.17) is 10.8 Å². The normalized spacial score (nSPS) is 9.55. The Labute approximate surface area is 164 Å². The first kappa shape index (κ1) is 25.2. The Bertz CT molecular complexity index is 652. The van der Waals surface area contributed by atoms with E-state index in [1.165, 1.54) is 0 Å². The van der Waals surface area contributed by atoms with Gasteiger partial charge in [-0.1, -0.05) is 0 Å². The van der Waals surface area contributed by atoms with E-state index in [1.54, 1.807) is 0 Å². The summed E-state index contributed by atoms with van der Waals surface area (Å²) in [4.78, 5) is 78.1. The number of nitrogens with two attached hydrogens (primary N) is 1. The van der Waals surface area contributed by atoms with Crippen LogP contribution >= 0.6 is 0 Å². The van der Waals surface area contributed by atoms with Gasteiger partial charge in [0.15, 0.2) is 0 Å². The molecule has 0 unspecified atom stereocenters. The summed E-state index contributed by atoms with van der Waals surface area (Å²) in [6.07, 6.45) is 0. The number of hydrogen-bond acceptors (Lipinski definition) is 8. The van der Waals surface area contributed by atoms with Crippen LogP contribution in [0.3, 0.4) is 0 Å². The smallest absolute Gasteiger partial charge is 0.322 e. The number of carboxylic acids is 1. The van der Waals surface area contributed by atoms with Gasteiger partial charge in [0.25, 0.3) is 0 Å². The maximum Gasteiger partial charge on any atom is 0.322 e. The van der Waals surface area contributed by atoms with Gasteiger partial charge >= 0.3 is 5.97 Å². The van der Waals surface area contributed by atoms with Gasteiger partial charge in [-0.3, -0.25) is 33.6 Å². The van der Waals surface area contributed by atoms with E-state index in [2.05, 4.69) is 26.6 Å². The van der Waals surface area contributed by atoms with Gasteiger partial charge in [0.2, 0.25) is 35.4 Å². The Morgan fingerprint density at radius 1 is 0.483 bits per heavy atom. The lowest BCUT2D eigenvalue weighted by molar-refractivity contribution is -0.137. The van der Waals surface area contributed by atoms with Crippen molar-refractivity contribution in [1.29, 1.82) is 0 Å². The van der Waals surface area contributed by atoms with Crippen molar-refractivity contribution >= 4 is 41.4 Å². The van der Waals surface area contributed by atoms with Gasteiger partial charge in [-0.25, -0.2) is 0 Å². The molecule has 0 fully saturated rings. The molecule has 0 saturated heterocycles. The Kier molecular flexibility index (Phi) is 12.5. The minimum atomic E-state index is -1.24. The quantitative estimate of drug-likeness (QED) is 0.142. The second-order valence-electron chi connectivity index (χ2n) is 5.26. The molecule has 0 rings (SSSR count). The highest BCUT2D eigenvalue weighted by Gasteiger charge is 2.10. The van der Waals surface area contributed by atoms with E-state index in [0.717, 1.165) is 0 Å². The summed E-state index contributed by atoms with van der Waals surface area (Å²) in [5.74, 6) is -5.21. The van der Waals surface area contributed by atoms with E-state index in [9.17, 15) is 33.6 Å². The number of carboxylic acid groups (broad SMARTS) is 1. The van der Waals surface area contributed by atoms with Crippen molar-refractivity contribution in [3.8, 4) is 0 Å². The lowest BCUT2D eigenvalue weighted by Gasteiger charge is -2.09. The van der Waals surface area contributed by atoms with Crippen molar-refractivity contribution in [2.75, 3.05) is 45.8 Å². The van der Waals surface area contributed by atoms with Gasteiger partial charge in [0.05, 0.1) is 39.3 Å². The minimum absolute atomic E-state index is 0.279. The fourth-order valence-corrected chi connectivity index (χ4v) is 1.45. The van der Waals surface area contributed by atoms with Crippen molar-refractivity contribution in [1.82, 2.24) is 31.9 Å². The summed E-state index contributed by atoms with van der Waals surface area (Å²) >= 11 is 0. The highest BCUT2D eigenvalue weighted by Crippen LogP contribution is 1.72. The van der Waals surface area contributed by atoms with Crippen molar-refractivity contribution in [3.05, 3.63) is 0 Å². The van der Waals surface area contributed by atoms with Gasteiger partial charge in [0, 0.05) is 0 Å². The molecule has 0 aliphatic rings. The topological polar surface area (TPSA) is 238 Å². The molecule has 29 heavy (non-hydrogen) atoms. The summed E-state index contributed by atoms with van der Waals surface area (Å²) < 4.78 is 0. The highest BCUT2D eigenvalue weighted by atomic mass is 16.4. The molecule has 0 atom stereocenters. The van der Waals surface area contributed by atoms with Gasteiger partial charge in [-0.05, 0) is 0 Å². The highest BCUT2D eigenvalue weighted by molar-refractivity contribution is 5.92. The molecular formula is C14H23N7O8. The van der Waals surface area contributed by atoms with Crippen molar-refractivity contribution in [3.63, 3.8) is 0 Å². The third-order valence-corrected chi connectivity index (χ3v) is 2.85. The number of amides is 6. The molecule has 0 aliphatic carbocycles. The molecule has 0 saturated carbocycles. The van der Waals surface area contributed by atoms with Gasteiger partial charge in [-0.2, -0.15) is 0 Å². The lowest BCUT2D eigenvalue weighted by atomic mass is 10.4. The average Bonchev–Trinajstić information content (AvgIpc) is 2.69. The SMILES string of the molecule is NCC(=O)NCC(=O)NCC(=O)NCC(=O)NCC(=O)NCC(=O)NCC(=O)O. The average molecular weight is 417 g/mol. The molecule has 6 amide bonds. The number of aliphatic carboxylic acids is 1. The molecule has 0 aliphatic heterocycles. The number of hydrogen-bond donors (Lipinski definition) is 8. The number of carbonyl (C=O) groups excluding carboxylic acids is 6. The van der Waals surface area contributed by atoms with Crippen LogP contribution in [0.5, 0.6) is 0 Å². The first-order valence-electron chi connectivity index (χ1n) is 8.16. The minimum Gasteiger partial charge on any atom is -0.480 e. The molecule has 0 spiro atoms. The van der Waals surface area contributed by atoms with Crippen molar-refractivity contribution in [2.45, 2.75) is 0 Å². The van der Waals surface area contributed by atoms with Crippen molar-refractivity contribution < 1.29 is 38.7 Å². The third kappa shape index (κ3) is 15.0. The predicted octanol–water partition coefficient (Wildman–Crippen LogP) is -6.27. The van der Waals surface area contributed by atoms with Crippen LogP contribution in [0.2, 0.25) is 0 Å². The summed E-state index contributed by atoms with van der Waals surface area (Å²) in [6.45, 7) is -3.07. The number of carbonyl (C=O) groups is 7. The van der Waals surface area contributed by atoms with Gasteiger partial charge in [0.1, 0.15) is 6.54 Å². The van der Waals surface area contributed by atoms with E-state index in [1.807, 2.05) is 5.32 Å². The maximum atomic E-state index is 11.5. The van der Waals surface area contributed by atoms with Crippen LogP contribution in [0, 0.1) is 0 Å². The summed E-state index contributed by atoms with van der Waals surface area (Å²) in [7, 11) is 0. The van der Waals surface area contributed by atoms with Crippen LogP contribution < -0.4 is 37.6 Å². The summed E-state index contributed by atoms with van der Waals surface area (Å²) in [6, 6.07) is 0. The monoisotopic (exact) mass is 417 g/mol. The Balaban J connectivity index is 3.86. The molecule has 15 heteroatoms. The Hall–Kier alpha value is -3.75. The molecule has 0 bridgehead atoms. The molecular weight excluding hydrogens is 394 g/mol. The van der Waals surface area contributed by atoms with E-state index in [0.29, 0.717) is 0 Å². The molecule has 0 aromatic rings. The van der Waals surface area contributed by atoms with Crippen LogP contribution in [0.15, 0.2) is 0 Å². The first-order chi connectivity index (χ1) is 13.6.